The average molecular weight is 828 g/mol. The Morgan fingerprint density at radius 2 is 0.923 bits per heavy atom. The second kappa shape index (κ2) is 14.9. The van der Waals surface area contributed by atoms with Crippen LogP contribution >= 0.6 is 17.0 Å². The summed E-state index contributed by atoms with van der Waals surface area (Å²) in [6.45, 7) is 28.0. The first-order valence-corrected chi connectivity index (χ1v) is 36.3. The third-order valence-electron chi connectivity index (χ3n) is 12.2. The number of hydrogen-bond donors (Lipinski definition) is 0. The predicted molar refractivity (Wildman–Crippen MR) is 232 cm³/mol. The Morgan fingerprint density at radius 3 is 1.21 bits per heavy atom. The molecule has 2 unspecified atom stereocenters. The van der Waals surface area contributed by atoms with Crippen molar-refractivity contribution in [3.63, 3.8) is 0 Å². The summed E-state index contributed by atoms with van der Waals surface area (Å²) in [6.07, 6.45) is 9.45. The summed E-state index contributed by atoms with van der Waals surface area (Å²) in [6, 6.07) is 23.9. The van der Waals surface area contributed by atoms with Gasteiger partial charge in [-0.3, -0.25) is 0 Å². The van der Waals surface area contributed by atoms with E-state index in [1.807, 2.05) is 0 Å². The summed E-state index contributed by atoms with van der Waals surface area (Å²) >= 11 is -4.98. The summed E-state index contributed by atoms with van der Waals surface area (Å²) in [7, 11) is 17.9. The minimum atomic E-state index is -4.98. The molecule has 0 radical (unpaired) electrons. The first kappa shape index (κ1) is 39.7. The van der Waals surface area contributed by atoms with Gasteiger partial charge < -0.3 is 0 Å². The van der Waals surface area contributed by atoms with Gasteiger partial charge in [0.05, 0.1) is 0 Å². The fourth-order valence-electron chi connectivity index (χ4n) is 9.97. The van der Waals surface area contributed by atoms with E-state index in [1.54, 1.807) is 0 Å². The van der Waals surface area contributed by atoms with E-state index in [1.165, 1.54) is 89.0 Å². The first-order chi connectivity index (χ1) is 24.5. The summed E-state index contributed by atoms with van der Waals surface area (Å²) in [5.74, 6) is -1.03. The molecule has 0 heterocycles. The average Bonchev–Trinajstić information content (AvgIpc) is 3.65. The fraction of sp³-hybridized carbons (Fsp3) is 0.417. The van der Waals surface area contributed by atoms with Gasteiger partial charge in [-0.05, 0) is 0 Å². The molecule has 4 aromatic carbocycles. The van der Waals surface area contributed by atoms with Crippen LogP contribution in [0.1, 0.15) is 117 Å². The van der Waals surface area contributed by atoms with Crippen molar-refractivity contribution in [3.05, 3.63) is 127 Å². The summed E-state index contributed by atoms with van der Waals surface area (Å²) in [4.78, 5) is 0. The second-order valence-corrected chi connectivity index (χ2v) is 59.8. The molecule has 2 atom stereocenters. The normalized spacial score (nSPS) is 17.8. The summed E-state index contributed by atoms with van der Waals surface area (Å²) < 4.78 is 0.148. The Bertz CT molecular complexity index is 1910. The van der Waals surface area contributed by atoms with Crippen molar-refractivity contribution in [3.8, 4) is 22.3 Å². The Balaban J connectivity index is 1.68. The number of halogens is 2. The molecule has 0 saturated heterocycles. The van der Waals surface area contributed by atoms with Crippen molar-refractivity contribution in [2.24, 2.45) is 11.8 Å². The topological polar surface area (TPSA) is 0 Å². The van der Waals surface area contributed by atoms with E-state index in [-0.39, 0.29) is 7.25 Å². The van der Waals surface area contributed by atoms with E-state index in [2.05, 4.69) is 155 Å². The first-order valence-electron chi connectivity index (χ1n) is 20.0. The zero-order valence-electron chi connectivity index (χ0n) is 33.9. The van der Waals surface area contributed by atoms with E-state index in [0.717, 1.165) is 25.7 Å². The quantitative estimate of drug-likeness (QED) is 0.132. The van der Waals surface area contributed by atoms with E-state index in [0.29, 0.717) is 11.8 Å². The predicted octanol–water partition coefficient (Wildman–Crippen LogP) is 15.0. The third-order valence-corrected chi connectivity index (χ3v) is 63.9. The maximum absolute atomic E-state index is 8.93. The van der Waals surface area contributed by atoms with Gasteiger partial charge in [-0.15, -0.1) is 0 Å². The SMILES string of the molecule is CCCc1ccc2c(c1-c1cc(C)cc(C)c1)C=C(C(C)C)[CH]2[Zr]([Cl])([Cl])([CH]1C(C(C)C)=Cc2c1ccc(CCC)c2-c1cc(C)cc(C)c1)[SiH](C)C. The molecule has 2 aliphatic rings. The van der Waals surface area contributed by atoms with E-state index in [4.69, 9.17) is 17.0 Å². The zero-order chi connectivity index (χ0) is 37.9. The maximum atomic E-state index is 8.93. The van der Waals surface area contributed by atoms with Crippen LogP contribution in [0.2, 0.25) is 13.1 Å². The molecule has 4 heteroatoms. The number of allylic oxidation sites excluding steroid dienone is 2. The Labute approximate surface area is 324 Å². The Hall–Kier alpha value is -1.96. The van der Waals surface area contributed by atoms with Crippen molar-refractivity contribution in [2.45, 2.75) is 115 Å². The van der Waals surface area contributed by atoms with Gasteiger partial charge in [-0.25, -0.2) is 0 Å². The standard InChI is InChI=1S/2C23H27.C2H7Si.2ClH.Zr/c2*1-6-7-18-8-9-19-13-20(15(2)3)14-22(19)23(18)21-11-16(4)10-17(5)12-21;1-3-2;;;/h2*8-15H,6-7H2,1-5H3;3H,1-2H3;2*1H;/q;;;;;+2/p-2. The zero-order valence-corrected chi connectivity index (χ0v) is 39.0. The fourth-order valence-corrected chi connectivity index (χ4v) is 41.5. The van der Waals surface area contributed by atoms with Crippen molar-refractivity contribution >= 4 is 35.1 Å². The van der Waals surface area contributed by atoms with Crippen LogP contribution < -0.4 is 0 Å². The van der Waals surface area contributed by atoms with Gasteiger partial charge in [-0.1, -0.05) is 0 Å². The number of rotatable bonds is 11. The molecule has 0 fully saturated rings. The molecule has 0 saturated carbocycles. The van der Waals surface area contributed by atoms with Crippen LogP contribution in [0.3, 0.4) is 0 Å². The van der Waals surface area contributed by atoms with Gasteiger partial charge in [-0.2, -0.15) is 0 Å². The Morgan fingerprint density at radius 1 is 0.577 bits per heavy atom. The van der Waals surface area contributed by atoms with Crippen LogP contribution in [0, 0.1) is 39.5 Å². The number of benzene rings is 4. The molecule has 2 aliphatic carbocycles. The molecular weight excluding hydrogens is 767 g/mol. The molecule has 6 rings (SSSR count). The van der Waals surface area contributed by atoms with Crippen LogP contribution in [-0.4, -0.2) is 5.92 Å². The van der Waals surface area contributed by atoms with E-state index < -0.39 is 21.5 Å². The van der Waals surface area contributed by atoms with Crippen molar-refractivity contribution in [1.82, 2.24) is 0 Å². The van der Waals surface area contributed by atoms with Crippen LogP contribution in [0.15, 0.2) is 71.8 Å². The number of hydrogen-bond acceptors (Lipinski definition) is 0. The van der Waals surface area contributed by atoms with Crippen molar-refractivity contribution in [1.29, 1.82) is 0 Å². The van der Waals surface area contributed by atoms with Crippen LogP contribution in [0.5, 0.6) is 0 Å². The van der Waals surface area contributed by atoms with Gasteiger partial charge in [0.1, 0.15) is 0 Å². The molecule has 0 aromatic heterocycles. The molecule has 0 amide bonds. The molecule has 52 heavy (non-hydrogen) atoms. The van der Waals surface area contributed by atoms with Gasteiger partial charge in [0.15, 0.2) is 0 Å². The molecule has 4 aromatic rings. The van der Waals surface area contributed by atoms with Gasteiger partial charge in [0, 0.05) is 0 Å². The van der Waals surface area contributed by atoms with Crippen molar-refractivity contribution in [2.75, 3.05) is 0 Å². The van der Waals surface area contributed by atoms with Gasteiger partial charge in [0.2, 0.25) is 0 Å². The molecule has 275 valence electrons. The van der Waals surface area contributed by atoms with Crippen LogP contribution in [0.4, 0.5) is 0 Å². The van der Waals surface area contributed by atoms with E-state index in [9.17, 15) is 0 Å². The monoisotopic (exact) mass is 825 g/mol. The minimum absolute atomic E-state index is 0.0739. The molecule has 0 nitrogen and oxygen atoms in total. The van der Waals surface area contributed by atoms with E-state index >= 15 is 0 Å². The third kappa shape index (κ3) is 6.69. The van der Waals surface area contributed by atoms with Crippen molar-refractivity contribution < 1.29 is 15.6 Å². The van der Waals surface area contributed by atoms with Crippen LogP contribution in [-0.2, 0) is 28.4 Å². The summed E-state index contributed by atoms with van der Waals surface area (Å²) in [5.41, 5.74) is 22.0. The Kier molecular flexibility index (Phi) is 11.4. The number of fused-ring (bicyclic) bond motifs is 2. The van der Waals surface area contributed by atoms with Gasteiger partial charge >= 0.3 is 327 Å². The molecule has 0 aliphatic heterocycles. The molecular formula is C48H61Cl2SiZr. The van der Waals surface area contributed by atoms with Crippen LogP contribution in [0.25, 0.3) is 34.4 Å². The molecule has 0 N–H and O–H groups in total. The second-order valence-electron chi connectivity index (χ2n) is 17.3. The molecule has 0 spiro atoms. The summed E-state index contributed by atoms with van der Waals surface area (Å²) in [5, 5.41) is 0. The number of aryl methyl sites for hydroxylation is 6. The van der Waals surface area contributed by atoms with Gasteiger partial charge in [0.25, 0.3) is 0 Å². The molecule has 0 bridgehead atoms.